The number of esters is 1. The van der Waals surface area contributed by atoms with Gasteiger partial charge in [-0.2, -0.15) is 0 Å². The summed E-state index contributed by atoms with van der Waals surface area (Å²) in [5, 5.41) is 0. The average molecular weight is 270 g/mol. The van der Waals surface area contributed by atoms with Gasteiger partial charge in [-0.15, -0.1) is 0 Å². The number of carbonyl (C=O) groups excluding carboxylic acids is 1. The summed E-state index contributed by atoms with van der Waals surface area (Å²) in [5.41, 5.74) is 8.67. The van der Waals surface area contributed by atoms with E-state index in [1.165, 1.54) is 0 Å². The van der Waals surface area contributed by atoms with E-state index in [2.05, 4.69) is 4.98 Å². The van der Waals surface area contributed by atoms with Crippen molar-refractivity contribution in [2.45, 2.75) is 26.0 Å². The molecular weight excluding hydrogens is 252 g/mol. The van der Waals surface area contributed by atoms with Crippen molar-refractivity contribution in [1.82, 2.24) is 4.98 Å². The fourth-order valence-corrected chi connectivity index (χ4v) is 1.86. The maximum atomic E-state index is 11.9. The summed E-state index contributed by atoms with van der Waals surface area (Å²) in [6, 6.07) is 12.7. The molecule has 0 aliphatic rings. The number of hydrogen-bond acceptors (Lipinski definition) is 4. The minimum Gasteiger partial charge on any atom is -0.460 e. The molecule has 0 fully saturated rings. The third kappa shape index (κ3) is 3.90. The van der Waals surface area contributed by atoms with Crippen molar-refractivity contribution < 1.29 is 9.53 Å². The number of hydrogen-bond donors (Lipinski definition) is 1. The van der Waals surface area contributed by atoms with E-state index in [-0.39, 0.29) is 6.61 Å². The highest BCUT2D eigenvalue weighted by Crippen LogP contribution is 2.07. The number of pyridine rings is 1. The van der Waals surface area contributed by atoms with E-state index in [1.807, 2.05) is 49.4 Å². The summed E-state index contributed by atoms with van der Waals surface area (Å²) in [5.74, 6) is -0.404. The topological polar surface area (TPSA) is 65.2 Å². The predicted octanol–water partition coefficient (Wildman–Crippen LogP) is 2.00. The molecule has 4 heteroatoms. The summed E-state index contributed by atoms with van der Waals surface area (Å²) < 4.78 is 5.21. The lowest BCUT2D eigenvalue weighted by atomic mass is 10.1. The van der Waals surface area contributed by atoms with Crippen molar-refractivity contribution in [3.05, 3.63) is 65.5 Å². The molecule has 0 spiro atoms. The maximum absolute atomic E-state index is 11.9. The first-order chi connectivity index (χ1) is 9.66. The Hall–Kier alpha value is -2.20. The smallest absolute Gasteiger partial charge is 0.323 e. The molecule has 4 nitrogen and oxygen atoms in total. The molecule has 0 unspecified atom stereocenters. The monoisotopic (exact) mass is 270 g/mol. The van der Waals surface area contributed by atoms with Crippen molar-refractivity contribution in [3.63, 3.8) is 0 Å². The van der Waals surface area contributed by atoms with Crippen molar-refractivity contribution in [1.29, 1.82) is 0 Å². The Labute approximate surface area is 118 Å². The van der Waals surface area contributed by atoms with E-state index >= 15 is 0 Å². The summed E-state index contributed by atoms with van der Waals surface area (Å²) in [4.78, 5) is 16.1. The van der Waals surface area contributed by atoms with E-state index in [9.17, 15) is 4.79 Å². The zero-order valence-corrected chi connectivity index (χ0v) is 11.5. The van der Waals surface area contributed by atoms with Crippen LogP contribution in [0.4, 0.5) is 0 Å². The molecule has 1 aromatic carbocycles. The zero-order valence-electron chi connectivity index (χ0n) is 11.5. The molecule has 2 aromatic rings. The van der Waals surface area contributed by atoms with E-state index in [4.69, 9.17) is 10.5 Å². The number of carbonyl (C=O) groups is 1. The minimum atomic E-state index is -0.688. The first-order valence-electron chi connectivity index (χ1n) is 6.53. The molecule has 104 valence electrons. The predicted molar refractivity (Wildman–Crippen MR) is 76.9 cm³/mol. The molecule has 2 N–H and O–H groups in total. The molecule has 20 heavy (non-hydrogen) atoms. The highest BCUT2D eigenvalue weighted by atomic mass is 16.5. The third-order valence-electron chi connectivity index (χ3n) is 3.06. The number of rotatable bonds is 5. The maximum Gasteiger partial charge on any atom is 0.323 e. The van der Waals surface area contributed by atoms with Gasteiger partial charge in [-0.05, 0) is 24.1 Å². The molecule has 0 radical (unpaired) electrons. The van der Waals surface area contributed by atoms with Crippen LogP contribution in [-0.2, 0) is 22.6 Å². The zero-order chi connectivity index (χ0) is 14.4. The Morgan fingerprint density at radius 3 is 2.70 bits per heavy atom. The van der Waals surface area contributed by atoms with Gasteiger partial charge in [-0.1, -0.05) is 36.4 Å². The van der Waals surface area contributed by atoms with Crippen molar-refractivity contribution in [2.75, 3.05) is 0 Å². The van der Waals surface area contributed by atoms with E-state index in [0.717, 1.165) is 16.8 Å². The van der Waals surface area contributed by atoms with Gasteiger partial charge in [0.25, 0.3) is 0 Å². The molecule has 1 aromatic heterocycles. The second kappa shape index (κ2) is 6.82. The summed E-state index contributed by atoms with van der Waals surface area (Å²) in [6.07, 6.45) is 2.09. The molecule has 0 saturated carbocycles. The average Bonchev–Trinajstić information content (AvgIpc) is 2.48. The van der Waals surface area contributed by atoms with E-state index < -0.39 is 12.0 Å². The number of nitrogens with two attached hydrogens (primary N) is 1. The van der Waals surface area contributed by atoms with Crippen LogP contribution < -0.4 is 5.73 Å². The summed E-state index contributed by atoms with van der Waals surface area (Å²) >= 11 is 0. The van der Waals surface area contributed by atoms with Gasteiger partial charge >= 0.3 is 5.97 Å². The van der Waals surface area contributed by atoms with Crippen LogP contribution >= 0.6 is 0 Å². The van der Waals surface area contributed by atoms with Gasteiger partial charge in [0.2, 0.25) is 0 Å². The SMILES string of the molecule is Cc1cccnc1C[C@@H](N)C(=O)OCc1ccccc1. The van der Waals surface area contributed by atoms with Crippen molar-refractivity contribution in [2.24, 2.45) is 5.73 Å². The standard InChI is InChI=1S/C16H18N2O2/c1-12-6-5-9-18-15(12)10-14(17)16(19)20-11-13-7-3-2-4-8-13/h2-9,14H,10-11,17H2,1H3/t14-/m1/s1. The van der Waals surface area contributed by atoms with Crippen molar-refractivity contribution in [3.8, 4) is 0 Å². The number of aryl methyl sites for hydroxylation is 1. The van der Waals surface area contributed by atoms with Gasteiger partial charge in [0.1, 0.15) is 12.6 Å². The van der Waals surface area contributed by atoms with Crippen LogP contribution in [0.1, 0.15) is 16.8 Å². The summed E-state index contributed by atoms with van der Waals surface area (Å²) in [7, 11) is 0. The molecule has 0 saturated heterocycles. The molecule has 0 bridgehead atoms. The summed E-state index contributed by atoms with van der Waals surface area (Å²) in [6.45, 7) is 2.19. The highest BCUT2D eigenvalue weighted by molar-refractivity contribution is 5.75. The first-order valence-corrected chi connectivity index (χ1v) is 6.53. The first kappa shape index (κ1) is 14.2. The van der Waals surface area contributed by atoms with Gasteiger partial charge in [0, 0.05) is 18.3 Å². The lowest BCUT2D eigenvalue weighted by Gasteiger charge is -2.12. The minimum absolute atomic E-state index is 0.245. The highest BCUT2D eigenvalue weighted by Gasteiger charge is 2.17. The number of ether oxygens (including phenoxy) is 1. The Morgan fingerprint density at radius 1 is 1.25 bits per heavy atom. The largest absolute Gasteiger partial charge is 0.460 e. The van der Waals surface area contributed by atoms with Crippen LogP contribution in [-0.4, -0.2) is 17.0 Å². The molecule has 1 atom stereocenters. The van der Waals surface area contributed by atoms with Crippen molar-refractivity contribution >= 4 is 5.97 Å². The molecule has 1 heterocycles. The Morgan fingerprint density at radius 2 is 2.00 bits per heavy atom. The van der Waals surface area contributed by atoms with Crippen LogP contribution in [0.15, 0.2) is 48.7 Å². The molecular formula is C16H18N2O2. The van der Waals surface area contributed by atoms with Gasteiger partial charge < -0.3 is 10.5 Å². The normalized spacial score (nSPS) is 11.9. The Balaban J connectivity index is 1.88. The number of benzene rings is 1. The van der Waals surface area contributed by atoms with Crippen LogP contribution in [0.3, 0.4) is 0 Å². The lowest BCUT2D eigenvalue weighted by Crippen LogP contribution is -2.34. The Kier molecular flexibility index (Phi) is 4.85. The van der Waals surface area contributed by atoms with Gasteiger partial charge in [-0.25, -0.2) is 0 Å². The number of aromatic nitrogens is 1. The van der Waals surface area contributed by atoms with Gasteiger partial charge in [-0.3, -0.25) is 9.78 Å². The van der Waals surface area contributed by atoms with Gasteiger partial charge in [0.15, 0.2) is 0 Å². The molecule has 2 rings (SSSR count). The quantitative estimate of drug-likeness (QED) is 0.844. The van der Waals surface area contributed by atoms with Crippen LogP contribution in [0.25, 0.3) is 0 Å². The van der Waals surface area contributed by atoms with E-state index in [1.54, 1.807) is 6.20 Å². The van der Waals surface area contributed by atoms with Crippen LogP contribution in [0.2, 0.25) is 0 Å². The number of nitrogens with zero attached hydrogens (tertiary/aromatic N) is 1. The molecule has 0 aliphatic carbocycles. The lowest BCUT2D eigenvalue weighted by molar-refractivity contribution is -0.146. The molecule has 0 amide bonds. The van der Waals surface area contributed by atoms with E-state index in [0.29, 0.717) is 6.42 Å². The van der Waals surface area contributed by atoms with Crippen LogP contribution in [0.5, 0.6) is 0 Å². The molecule has 0 aliphatic heterocycles. The Bertz CT molecular complexity index is 570. The van der Waals surface area contributed by atoms with Crippen LogP contribution in [0, 0.1) is 6.92 Å². The fourth-order valence-electron chi connectivity index (χ4n) is 1.86. The second-order valence-electron chi connectivity index (χ2n) is 4.67. The second-order valence-corrected chi connectivity index (χ2v) is 4.67. The third-order valence-corrected chi connectivity index (χ3v) is 3.06. The van der Waals surface area contributed by atoms with Gasteiger partial charge in [0.05, 0.1) is 0 Å². The fraction of sp³-hybridized carbons (Fsp3) is 0.250.